The van der Waals surface area contributed by atoms with Gasteiger partial charge in [0, 0.05) is 31.4 Å². The zero-order valence-corrected chi connectivity index (χ0v) is 12.3. The monoisotopic (exact) mass is 289 g/mol. The number of nitrogens with one attached hydrogen (secondary N) is 3. The Morgan fingerprint density at radius 1 is 1.33 bits per heavy atom. The van der Waals surface area contributed by atoms with E-state index in [2.05, 4.69) is 15.6 Å². The van der Waals surface area contributed by atoms with E-state index in [1.165, 1.54) is 19.3 Å². The van der Waals surface area contributed by atoms with Crippen LogP contribution >= 0.6 is 0 Å². The normalized spacial score (nSPS) is 24.1. The lowest BCUT2D eigenvalue weighted by Crippen LogP contribution is -2.42. The van der Waals surface area contributed by atoms with Crippen LogP contribution in [0.15, 0.2) is 23.1 Å². The van der Waals surface area contributed by atoms with E-state index < -0.39 is 0 Å². The molecule has 1 aliphatic heterocycles. The zero-order valence-electron chi connectivity index (χ0n) is 12.3. The van der Waals surface area contributed by atoms with Crippen LogP contribution in [0.5, 0.6) is 0 Å². The average molecular weight is 289 g/mol. The van der Waals surface area contributed by atoms with Crippen molar-refractivity contribution in [1.82, 2.24) is 15.6 Å². The Balaban J connectivity index is 1.65. The van der Waals surface area contributed by atoms with Gasteiger partial charge in [0.05, 0.1) is 5.92 Å². The molecule has 1 atom stereocenters. The molecule has 5 heteroatoms. The lowest BCUT2D eigenvalue weighted by molar-refractivity contribution is -0.128. The van der Waals surface area contributed by atoms with Gasteiger partial charge in [-0.15, -0.1) is 0 Å². The summed E-state index contributed by atoms with van der Waals surface area (Å²) in [7, 11) is 0. The average Bonchev–Trinajstić information content (AvgIpc) is 2.90. The smallest absolute Gasteiger partial charge is 0.252 e. The Morgan fingerprint density at radius 3 is 2.90 bits per heavy atom. The molecule has 21 heavy (non-hydrogen) atoms. The van der Waals surface area contributed by atoms with Crippen LogP contribution in [0.3, 0.4) is 0 Å². The topological polar surface area (TPSA) is 74.0 Å². The zero-order chi connectivity index (χ0) is 14.7. The number of carbonyl (C=O) groups excluding carboxylic acids is 1. The van der Waals surface area contributed by atoms with E-state index in [0.717, 1.165) is 25.9 Å². The van der Waals surface area contributed by atoms with Gasteiger partial charge in [0.2, 0.25) is 5.91 Å². The van der Waals surface area contributed by atoms with Gasteiger partial charge < -0.3 is 15.6 Å². The fourth-order valence-electron chi connectivity index (χ4n) is 3.86. The third-order valence-corrected chi connectivity index (χ3v) is 5.08. The molecule has 0 bridgehead atoms. The van der Waals surface area contributed by atoms with Crippen molar-refractivity contribution in [3.8, 4) is 0 Å². The lowest BCUT2D eigenvalue weighted by Gasteiger charge is -2.37. The third-order valence-electron chi connectivity index (χ3n) is 5.08. The van der Waals surface area contributed by atoms with Crippen LogP contribution in [0.25, 0.3) is 0 Å². The number of carbonyl (C=O) groups is 1. The first-order valence-electron chi connectivity index (χ1n) is 7.86. The van der Waals surface area contributed by atoms with Gasteiger partial charge >= 0.3 is 0 Å². The van der Waals surface area contributed by atoms with Crippen molar-refractivity contribution in [3.63, 3.8) is 0 Å². The molecule has 1 saturated carbocycles. The minimum absolute atomic E-state index is 0.0422. The molecular formula is C16H23N3O2. The summed E-state index contributed by atoms with van der Waals surface area (Å²) in [5.41, 5.74) is 0.620. The van der Waals surface area contributed by atoms with Crippen LogP contribution in [0, 0.1) is 11.3 Å². The van der Waals surface area contributed by atoms with Crippen molar-refractivity contribution >= 4 is 5.91 Å². The predicted molar refractivity (Wildman–Crippen MR) is 80.8 cm³/mol. The van der Waals surface area contributed by atoms with Gasteiger partial charge in [-0.1, -0.05) is 25.3 Å². The molecule has 2 aliphatic rings. The predicted octanol–water partition coefficient (Wildman–Crippen LogP) is 1.16. The Kier molecular flexibility index (Phi) is 4.10. The summed E-state index contributed by atoms with van der Waals surface area (Å²) in [6.45, 7) is 2.02. The molecule has 3 rings (SSSR count). The third kappa shape index (κ3) is 2.88. The van der Waals surface area contributed by atoms with Crippen LogP contribution in [-0.2, 0) is 11.3 Å². The van der Waals surface area contributed by atoms with E-state index in [1.54, 1.807) is 18.3 Å². The second-order valence-electron chi connectivity index (χ2n) is 6.35. The van der Waals surface area contributed by atoms with Gasteiger partial charge in [0.15, 0.2) is 0 Å². The van der Waals surface area contributed by atoms with Gasteiger partial charge in [-0.2, -0.15) is 0 Å². The van der Waals surface area contributed by atoms with Crippen molar-refractivity contribution in [3.05, 3.63) is 34.2 Å². The largest absolute Gasteiger partial charge is 0.352 e. The number of aromatic amines is 1. The van der Waals surface area contributed by atoms with Crippen molar-refractivity contribution in [2.24, 2.45) is 11.3 Å². The summed E-state index contributed by atoms with van der Waals surface area (Å²) in [5, 5.41) is 6.35. The summed E-state index contributed by atoms with van der Waals surface area (Å²) in [6.07, 6.45) is 7.63. The van der Waals surface area contributed by atoms with E-state index in [4.69, 9.17) is 0 Å². The molecule has 1 saturated heterocycles. The first-order valence-corrected chi connectivity index (χ1v) is 7.86. The fraction of sp³-hybridized carbons (Fsp3) is 0.625. The summed E-state index contributed by atoms with van der Waals surface area (Å²) in [4.78, 5) is 26.8. The number of H-pyrrole nitrogens is 1. The van der Waals surface area contributed by atoms with Crippen molar-refractivity contribution in [2.75, 3.05) is 13.1 Å². The van der Waals surface area contributed by atoms with Crippen molar-refractivity contribution in [2.45, 2.75) is 38.6 Å². The molecule has 0 aromatic carbocycles. The molecule has 114 valence electrons. The standard InChI is InChI=1S/C16H23N3O2/c20-14-12(5-4-8-18-14)9-19-15(21)13-10-17-11-16(13)6-2-1-3-7-16/h4-5,8,13,17H,1-3,6-7,9-11H2,(H,18,20)(H,19,21). The summed E-state index contributed by atoms with van der Waals surface area (Å²) < 4.78 is 0. The number of hydrogen-bond donors (Lipinski definition) is 3. The molecule has 1 unspecified atom stereocenters. The number of hydrogen-bond acceptors (Lipinski definition) is 3. The highest BCUT2D eigenvalue weighted by molar-refractivity contribution is 5.80. The number of aromatic nitrogens is 1. The van der Waals surface area contributed by atoms with E-state index in [1.807, 2.05) is 0 Å². The molecule has 2 heterocycles. The summed E-state index contributed by atoms with van der Waals surface area (Å²) in [6, 6.07) is 3.53. The maximum absolute atomic E-state index is 12.5. The Morgan fingerprint density at radius 2 is 2.14 bits per heavy atom. The second-order valence-corrected chi connectivity index (χ2v) is 6.35. The minimum Gasteiger partial charge on any atom is -0.352 e. The Labute approximate surface area is 124 Å². The maximum Gasteiger partial charge on any atom is 0.252 e. The van der Waals surface area contributed by atoms with Crippen LogP contribution in [0.4, 0.5) is 0 Å². The maximum atomic E-state index is 12.5. The van der Waals surface area contributed by atoms with Crippen LogP contribution in [0.1, 0.15) is 37.7 Å². The molecule has 1 spiro atoms. The van der Waals surface area contributed by atoms with Crippen LogP contribution < -0.4 is 16.2 Å². The molecule has 5 nitrogen and oxygen atoms in total. The highest BCUT2D eigenvalue weighted by Crippen LogP contribution is 2.44. The molecule has 1 aliphatic carbocycles. The Hall–Kier alpha value is -1.62. The molecule has 1 aromatic heterocycles. The van der Waals surface area contributed by atoms with Gasteiger partial charge in [-0.3, -0.25) is 9.59 Å². The van der Waals surface area contributed by atoms with Gasteiger partial charge in [0.1, 0.15) is 0 Å². The first-order chi connectivity index (χ1) is 10.2. The van der Waals surface area contributed by atoms with Gasteiger partial charge in [-0.05, 0) is 24.3 Å². The molecular weight excluding hydrogens is 266 g/mol. The van der Waals surface area contributed by atoms with Crippen LogP contribution in [-0.4, -0.2) is 24.0 Å². The van der Waals surface area contributed by atoms with E-state index in [9.17, 15) is 9.59 Å². The fourth-order valence-corrected chi connectivity index (χ4v) is 3.86. The van der Waals surface area contributed by atoms with E-state index >= 15 is 0 Å². The number of amides is 1. The van der Waals surface area contributed by atoms with Crippen LogP contribution in [0.2, 0.25) is 0 Å². The van der Waals surface area contributed by atoms with Crippen molar-refractivity contribution in [1.29, 1.82) is 0 Å². The SMILES string of the molecule is O=C(NCc1ccc[nH]c1=O)C1CNCC12CCCCC2. The summed E-state index contributed by atoms with van der Waals surface area (Å²) >= 11 is 0. The Bertz CT molecular complexity index is 561. The molecule has 1 amide bonds. The van der Waals surface area contributed by atoms with E-state index in [-0.39, 0.29) is 22.8 Å². The molecule has 1 aromatic rings. The molecule has 2 fully saturated rings. The number of rotatable bonds is 3. The second kappa shape index (κ2) is 6.02. The quantitative estimate of drug-likeness (QED) is 0.782. The molecule has 3 N–H and O–H groups in total. The van der Waals surface area contributed by atoms with Crippen molar-refractivity contribution < 1.29 is 4.79 Å². The van der Waals surface area contributed by atoms with Gasteiger partial charge in [0.25, 0.3) is 5.56 Å². The highest BCUT2D eigenvalue weighted by atomic mass is 16.2. The van der Waals surface area contributed by atoms with E-state index in [0.29, 0.717) is 12.1 Å². The minimum atomic E-state index is -0.130. The molecule has 0 radical (unpaired) electrons. The van der Waals surface area contributed by atoms with Gasteiger partial charge in [-0.25, -0.2) is 0 Å². The highest BCUT2D eigenvalue weighted by Gasteiger charge is 2.46. The summed E-state index contributed by atoms with van der Waals surface area (Å²) in [5.74, 6) is 0.130. The number of pyridine rings is 1. The first kappa shape index (κ1) is 14.3. The lowest BCUT2D eigenvalue weighted by atomic mass is 9.67.